The predicted molar refractivity (Wildman–Crippen MR) is 122 cm³/mol. The van der Waals surface area contributed by atoms with Gasteiger partial charge in [-0.05, 0) is 66.1 Å². The molecule has 33 heavy (non-hydrogen) atoms. The molecular formula is C26H26FNO5. The van der Waals surface area contributed by atoms with Crippen LogP contribution >= 0.6 is 0 Å². The fraction of sp³-hybridized carbons (Fsp3) is 0.269. The van der Waals surface area contributed by atoms with Crippen LogP contribution in [-0.4, -0.2) is 45.3 Å². The van der Waals surface area contributed by atoms with Crippen LogP contribution in [0.2, 0.25) is 0 Å². The molecule has 0 bridgehead atoms. The number of benzene rings is 3. The van der Waals surface area contributed by atoms with Crippen molar-refractivity contribution in [3.05, 3.63) is 83.2 Å². The molecule has 1 aliphatic rings. The van der Waals surface area contributed by atoms with E-state index in [2.05, 4.69) is 0 Å². The third kappa shape index (κ3) is 4.58. The molecular weight excluding hydrogens is 425 g/mol. The zero-order valence-electron chi connectivity index (χ0n) is 18.8. The van der Waals surface area contributed by atoms with Crippen LogP contribution in [0.1, 0.15) is 27.5 Å². The van der Waals surface area contributed by atoms with E-state index in [-0.39, 0.29) is 18.1 Å². The summed E-state index contributed by atoms with van der Waals surface area (Å²) in [5.41, 5.74) is 1.96. The summed E-state index contributed by atoms with van der Waals surface area (Å²) in [6.07, 6.45) is 0.606. The van der Waals surface area contributed by atoms with Gasteiger partial charge in [0.25, 0.3) is 5.91 Å². The first-order chi connectivity index (χ1) is 16.0. The third-order valence-corrected chi connectivity index (χ3v) is 5.84. The van der Waals surface area contributed by atoms with Crippen LogP contribution in [-0.2, 0) is 6.42 Å². The second kappa shape index (κ2) is 9.81. The van der Waals surface area contributed by atoms with Gasteiger partial charge in [-0.3, -0.25) is 4.79 Å². The molecule has 0 aliphatic carbocycles. The minimum Gasteiger partial charge on any atom is -0.497 e. The minimum absolute atomic E-state index is 0.0378. The maximum atomic E-state index is 14.4. The number of carbonyl (C=O) groups excluding carboxylic acids is 1. The van der Waals surface area contributed by atoms with E-state index in [1.807, 2.05) is 12.1 Å². The van der Waals surface area contributed by atoms with Crippen molar-refractivity contribution in [2.75, 3.05) is 34.5 Å². The Kier molecular flexibility index (Phi) is 6.68. The molecule has 1 heterocycles. The van der Waals surface area contributed by atoms with Crippen LogP contribution in [0, 0.1) is 5.82 Å². The highest BCUT2D eigenvalue weighted by Crippen LogP contribution is 2.39. The number of fused-ring (bicyclic) bond motifs is 1. The van der Waals surface area contributed by atoms with E-state index in [1.54, 1.807) is 62.6 Å². The molecule has 0 spiro atoms. The monoisotopic (exact) mass is 451 g/mol. The van der Waals surface area contributed by atoms with Crippen LogP contribution in [0.25, 0.3) is 0 Å². The highest BCUT2D eigenvalue weighted by Gasteiger charge is 2.34. The Hall–Kier alpha value is -3.74. The average Bonchev–Trinajstić information content (AvgIpc) is 2.86. The molecule has 1 amide bonds. The van der Waals surface area contributed by atoms with E-state index >= 15 is 0 Å². The van der Waals surface area contributed by atoms with Crippen LogP contribution in [0.4, 0.5) is 4.39 Å². The summed E-state index contributed by atoms with van der Waals surface area (Å²) in [5, 5.41) is 0. The highest BCUT2D eigenvalue weighted by atomic mass is 19.1. The van der Waals surface area contributed by atoms with Gasteiger partial charge in [0.05, 0.1) is 32.9 Å². The van der Waals surface area contributed by atoms with E-state index in [1.165, 1.54) is 12.1 Å². The Balaban J connectivity index is 1.70. The number of nitrogens with zero attached hydrogens (tertiary/aromatic N) is 1. The molecule has 0 radical (unpaired) electrons. The lowest BCUT2D eigenvalue weighted by atomic mass is 9.91. The van der Waals surface area contributed by atoms with E-state index < -0.39 is 11.9 Å². The number of hydrogen-bond acceptors (Lipinski definition) is 5. The topological polar surface area (TPSA) is 57.2 Å². The van der Waals surface area contributed by atoms with Gasteiger partial charge in [0.2, 0.25) is 0 Å². The van der Waals surface area contributed by atoms with Crippen molar-refractivity contribution < 1.29 is 28.1 Å². The van der Waals surface area contributed by atoms with Gasteiger partial charge in [-0.15, -0.1) is 0 Å². The minimum atomic E-state index is -0.546. The summed E-state index contributed by atoms with van der Waals surface area (Å²) < 4.78 is 36.6. The number of amides is 1. The van der Waals surface area contributed by atoms with Crippen LogP contribution < -0.4 is 18.9 Å². The summed E-state index contributed by atoms with van der Waals surface area (Å²) >= 11 is 0. The smallest absolute Gasteiger partial charge is 0.257 e. The first-order valence-corrected chi connectivity index (χ1v) is 10.6. The van der Waals surface area contributed by atoms with Gasteiger partial charge < -0.3 is 23.8 Å². The van der Waals surface area contributed by atoms with Gasteiger partial charge >= 0.3 is 0 Å². The molecule has 0 saturated carbocycles. The molecule has 172 valence electrons. The molecule has 0 saturated heterocycles. The van der Waals surface area contributed by atoms with Gasteiger partial charge in [0, 0.05) is 6.54 Å². The highest BCUT2D eigenvalue weighted by molar-refractivity contribution is 5.95. The summed E-state index contributed by atoms with van der Waals surface area (Å²) in [4.78, 5) is 15.0. The maximum absolute atomic E-state index is 14.4. The molecule has 3 aromatic carbocycles. The standard InChI is InChI=1S/C26H26FNO5/c1-30-18-8-10-19(11-9-18)33-16-23-21-15-25(32-3)24(31-2)14-17(21)12-13-28(23)26(29)20-6-4-5-7-22(20)27/h4-11,14-15,23H,12-13,16H2,1-3H3/t23-/m0/s1. The Morgan fingerprint density at radius 2 is 1.61 bits per heavy atom. The normalized spacial score (nSPS) is 14.9. The van der Waals surface area contributed by atoms with Gasteiger partial charge in [0.1, 0.15) is 23.9 Å². The van der Waals surface area contributed by atoms with Crippen molar-refractivity contribution in [3.8, 4) is 23.0 Å². The predicted octanol–water partition coefficient (Wildman–Crippen LogP) is 4.67. The summed E-state index contributed by atoms with van der Waals surface area (Å²) in [6, 6.07) is 16.6. The second-order valence-corrected chi connectivity index (χ2v) is 7.64. The van der Waals surface area contributed by atoms with Gasteiger partial charge in [0.15, 0.2) is 11.5 Å². The molecule has 0 N–H and O–H groups in total. The van der Waals surface area contributed by atoms with Crippen molar-refractivity contribution in [3.63, 3.8) is 0 Å². The first kappa shape index (κ1) is 22.5. The number of hydrogen-bond donors (Lipinski definition) is 0. The molecule has 0 unspecified atom stereocenters. The molecule has 6 nitrogen and oxygen atoms in total. The fourth-order valence-electron chi connectivity index (χ4n) is 4.09. The van der Waals surface area contributed by atoms with Crippen LogP contribution in [0.3, 0.4) is 0 Å². The Bertz CT molecular complexity index is 1130. The molecule has 0 fully saturated rings. The lowest BCUT2D eigenvalue weighted by Crippen LogP contribution is -2.43. The number of rotatable bonds is 7. The number of methoxy groups -OCH3 is 3. The molecule has 0 aromatic heterocycles. The first-order valence-electron chi connectivity index (χ1n) is 10.6. The van der Waals surface area contributed by atoms with Gasteiger partial charge in [-0.1, -0.05) is 12.1 Å². The van der Waals surface area contributed by atoms with Crippen molar-refractivity contribution in [2.45, 2.75) is 12.5 Å². The lowest BCUT2D eigenvalue weighted by Gasteiger charge is -2.37. The maximum Gasteiger partial charge on any atom is 0.257 e. The van der Waals surface area contributed by atoms with Crippen molar-refractivity contribution >= 4 is 5.91 Å². The van der Waals surface area contributed by atoms with E-state index in [0.29, 0.717) is 30.2 Å². The Labute approximate surface area is 192 Å². The zero-order valence-corrected chi connectivity index (χ0v) is 18.8. The molecule has 1 atom stereocenters. The van der Waals surface area contributed by atoms with E-state index in [9.17, 15) is 9.18 Å². The number of halogens is 1. The van der Waals surface area contributed by atoms with E-state index in [0.717, 1.165) is 16.9 Å². The van der Waals surface area contributed by atoms with Crippen LogP contribution in [0.5, 0.6) is 23.0 Å². The van der Waals surface area contributed by atoms with Gasteiger partial charge in [-0.25, -0.2) is 4.39 Å². The van der Waals surface area contributed by atoms with E-state index in [4.69, 9.17) is 18.9 Å². The second-order valence-electron chi connectivity index (χ2n) is 7.64. The zero-order chi connectivity index (χ0) is 23.4. The Morgan fingerprint density at radius 1 is 0.939 bits per heavy atom. The van der Waals surface area contributed by atoms with Gasteiger partial charge in [-0.2, -0.15) is 0 Å². The summed E-state index contributed by atoms with van der Waals surface area (Å²) in [7, 11) is 4.76. The van der Waals surface area contributed by atoms with Crippen molar-refractivity contribution in [1.82, 2.24) is 4.90 Å². The van der Waals surface area contributed by atoms with Crippen molar-refractivity contribution in [1.29, 1.82) is 0 Å². The summed E-state index contributed by atoms with van der Waals surface area (Å²) in [6.45, 7) is 0.612. The number of carbonyl (C=O) groups is 1. The van der Waals surface area contributed by atoms with Crippen LogP contribution in [0.15, 0.2) is 60.7 Å². The fourth-order valence-corrected chi connectivity index (χ4v) is 4.09. The molecule has 1 aliphatic heterocycles. The van der Waals surface area contributed by atoms with Crippen molar-refractivity contribution in [2.24, 2.45) is 0 Å². The SMILES string of the molecule is COc1ccc(OC[C@H]2c3cc(OC)c(OC)cc3CCN2C(=O)c2ccccc2F)cc1. The lowest BCUT2D eigenvalue weighted by molar-refractivity contribution is 0.0584. The third-order valence-electron chi connectivity index (χ3n) is 5.84. The Morgan fingerprint density at radius 3 is 2.27 bits per heavy atom. The average molecular weight is 451 g/mol. The largest absolute Gasteiger partial charge is 0.497 e. The quantitative estimate of drug-likeness (QED) is 0.523. The molecule has 7 heteroatoms. The number of ether oxygens (including phenoxy) is 4. The molecule has 4 rings (SSSR count). The summed E-state index contributed by atoms with van der Waals surface area (Å²) in [5.74, 6) is 1.62. The molecule has 3 aromatic rings.